The first-order valence-corrected chi connectivity index (χ1v) is 30.0. The lowest BCUT2D eigenvalue weighted by atomic mass is 9.49. The number of hydroxylamine groups is 3. The summed E-state index contributed by atoms with van der Waals surface area (Å²) in [7, 11) is 1.50. The lowest BCUT2D eigenvalue weighted by Gasteiger charge is -2.56. The lowest BCUT2D eigenvalue weighted by Crippen LogP contribution is -3.17. The molecule has 23 heteroatoms. The second-order valence-electron chi connectivity index (χ2n) is 26.0. The van der Waals surface area contributed by atoms with Gasteiger partial charge in [-0.1, -0.05) is 63.6 Å². The number of aliphatic hydroxyl groups is 4. The second-order valence-corrected chi connectivity index (χ2v) is 26.0. The number of rotatable bonds is 13. The standard InChI is InChI=1S/C61H90N2O21/c1-27-14-17-43(79-48-25-59(11,63(72)73)55(35(9)78-48)62-84-36(10)65)28(2)19-38-20-37(26-64)31(5)24-61(38)57(70)49(58(71)83-61)56(69)60(12)40(27)16-15-39-50(60)29(3)18-30(4)52(39)81-47-23-44(51(68)32(6)75-47)80-45-22-42(67)54(34(8)77-45)82-46-21-41(66)53(74-13)33(7)76-46/h14-16,19-20,26,29-35,38-48,50-55,62-63,66-69,72H,17-18,21-25H2,1-13H3. The zero-order valence-electron chi connectivity index (χ0n) is 50.5. The molecule has 0 amide bonds. The third kappa shape index (κ3) is 12.1. The number of ketones is 1. The number of methoxy groups -OCH3 is 1. The maximum absolute atomic E-state index is 15.5. The highest BCUT2D eigenvalue weighted by molar-refractivity contribution is 6.26. The molecule has 1 spiro atoms. The van der Waals surface area contributed by atoms with Gasteiger partial charge in [0.25, 0.3) is 0 Å². The van der Waals surface area contributed by atoms with Gasteiger partial charge in [-0.05, 0) is 96.1 Å². The molecule has 5 aliphatic heterocycles. The van der Waals surface area contributed by atoms with Gasteiger partial charge in [0.15, 0.2) is 36.3 Å². The Hall–Kier alpha value is -3.86. The molecule has 0 aromatic heterocycles. The minimum atomic E-state index is -1.86. The fourth-order valence-electron chi connectivity index (χ4n) is 15.7. The Morgan fingerprint density at radius 2 is 1.39 bits per heavy atom. The number of esters is 1. The Morgan fingerprint density at radius 3 is 2.02 bits per heavy atom. The molecule has 5 saturated heterocycles. The highest BCUT2D eigenvalue weighted by Crippen LogP contribution is 2.61. The molecule has 23 nitrogen and oxygen atoms in total. The summed E-state index contributed by atoms with van der Waals surface area (Å²) in [4.78, 5) is 59.7. The van der Waals surface area contributed by atoms with E-state index in [1.165, 1.54) is 21.0 Å². The Morgan fingerprint density at radius 1 is 0.774 bits per heavy atom. The van der Waals surface area contributed by atoms with Crippen LogP contribution >= 0.6 is 0 Å². The highest BCUT2D eigenvalue weighted by Gasteiger charge is 2.64. The van der Waals surface area contributed by atoms with Gasteiger partial charge < -0.3 is 77.8 Å². The Bertz CT molecular complexity index is 2580. The molecule has 84 heavy (non-hydrogen) atoms. The summed E-state index contributed by atoms with van der Waals surface area (Å²) in [5.41, 5.74) is -0.850. The molecule has 9 rings (SSSR count). The van der Waals surface area contributed by atoms with Gasteiger partial charge in [-0.15, -0.1) is 5.48 Å². The Balaban J connectivity index is 1.01. The van der Waals surface area contributed by atoms with Crippen LogP contribution in [0.1, 0.15) is 128 Å². The average molecular weight is 1190 g/mol. The first kappa shape index (κ1) is 64.6. The third-order valence-electron chi connectivity index (χ3n) is 20.1. The van der Waals surface area contributed by atoms with Crippen molar-refractivity contribution in [3.05, 3.63) is 63.6 Å². The van der Waals surface area contributed by atoms with E-state index >= 15 is 4.79 Å². The first-order valence-electron chi connectivity index (χ1n) is 30.0. The van der Waals surface area contributed by atoms with Crippen molar-refractivity contribution in [2.24, 2.45) is 46.8 Å². The zero-order valence-corrected chi connectivity index (χ0v) is 50.5. The average Bonchev–Trinajstić information content (AvgIpc) is 1.34. The van der Waals surface area contributed by atoms with E-state index < -0.39 is 185 Å². The zero-order chi connectivity index (χ0) is 61.2. The van der Waals surface area contributed by atoms with Crippen LogP contribution in [-0.2, 0) is 71.4 Å². The second kappa shape index (κ2) is 25.3. The number of allylic oxidation sites excluding steroid dienone is 4. The van der Waals surface area contributed by atoms with Crippen LogP contribution in [0, 0.1) is 52.0 Å². The Labute approximate surface area is 491 Å². The molecule has 0 aromatic carbocycles. The number of nitrogens with one attached hydrogen (secondary N) is 2. The van der Waals surface area contributed by atoms with Crippen LogP contribution in [-0.4, -0.2) is 172 Å². The van der Waals surface area contributed by atoms with Crippen molar-refractivity contribution in [3.63, 3.8) is 0 Å². The van der Waals surface area contributed by atoms with Gasteiger partial charge in [0.05, 0.1) is 61.4 Å². The number of carbonyl (C=O) groups excluding carboxylic acids is 4. The van der Waals surface area contributed by atoms with Gasteiger partial charge in [-0.2, -0.15) is 0 Å². The molecular formula is C61H90N2O21. The first-order chi connectivity index (χ1) is 39.6. The molecule has 28 unspecified atom stereocenters. The van der Waals surface area contributed by atoms with Crippen LogP contribution in [0.15, 0.2) is 58.4 Å². The monoisotopic (exact) mass is 1190 g/mol. The molecule has 1 saturated carbocycles. The van der Waals surface area contributed by atoms with Crippen LogP contribution in [0.25, 0.3) is 0 Å². The molecule has 28 atom stereocenters. The summed E-state index contributed by atoms with van der Waals surface area (Å²) in [6.45, 7) is 21.2. The summed E-state index contributed by atoms with van der Waals surface area (Å²) >= 11 is 0. The van der Waals surface area contributed by atoms with Gasteiger partial charge in [-0.3, -0.25) is 14.4 Å². The van der Waals surface area contributed by atoms with E-state index in [0.29, 0.717) is 17.6 Å². The third-order valence-corrected chi connectivity index (χ3v) is 20.1. The maximum atomic E-state index is 15.5. The molecule has 9 aliphatic rings. The van der Waals surface area contributed by atoms with Crippen molar-refractivity contribution in [1.82, 2.24) is 5.48 Å². The number of aliphatic hydroxyl groups excluding tert-OH is 4. The molecule has 0 aromatic rings. The normalized spacial score (nSPS) is 47.7. The number of aldehydes is 1. The minimum absolute atomic E-state index is 0.0133. The SMILES string of the molecule is COC1C(O)CC(OC2C(O)CC(OC3CC(OC4C(C)CC(C)C5C4C=CC4C(C)=CCC(OC6CC(C)([NH+]([O-])O)C(NOC(C)=O)C(C)O6)C(C)=CC6C=C(C=O)C(C)CC67OC(=O)C(=C(O)C45C)C7=O)OC(C)C3O)OC2C)OC1C. The predicted octanol–water partition coefficient (Wildman–Crippen LogP) is 3.99. The van der Waals surface area contributed by atoms with E-state index in [9.17, 15) is 45.2 Å². The number of fused-ring (bicyclic) bond motifs is 4. The fourth-order valence-corrected chi connectivity index (χ4v) is 15.7. The summed E-state index contributed by atoms with van der Waals surface area (Å²) < 4.78 is 63.2. The molecule has 470 valence electrons. The van der Waals surface area contributed by atoms with Crippen molar-refractivity contribution in [2.45, 2.75) is 244 Å². The van der Waals surface area contributed by atoms with Crippen LogP contribution < -0.4 is 10.7 Å². The van der Waals surface area contributed by atoms with E-state index in [0.717, 1.165) is 11.9 Å². The van der Waals surface area contributed by atoms with Gasteiger partial charge in [-0.25, -0.2) is 15.2 Å². The predicted molar refractivity (Wildman–Crippen MR) is 295 cm³/mol. The highest BCUT2D eigenvalue weighted by atomic mass is 16.8. The van der Waals surface area contributed by atoms with Crippen LogP contribution in [0.5, 0.6) is 0 Å². The fraction of sp³-hybridized carbons (Fsp3) is 0.770. The number of quaternary nitrogens is 1. The molecule has 6 fully saturated rings. The van der Waals surface area contributed by atoms with Crippen molar-refractivity contribution >= 4 is 24.0 Å². The van der Waals surface area contributed by atoms with E-state index in [1.807, 2.05) is 26.0 Å². The van der Waals surface area contributed by atoms with Gasteiger partial charge in [0.1, 0.15) is 42.0 Å². The molecule has 0 radical (unpaired) electrons. The molecule has 7 N–H and O–H groups in total. The van der Waals surface area contributed by atoms with Gasteiger partial charge in [0, 0.05) is 62.9 Å². The summed E-state index contributed by atoms with van der Waals surface area (Å²) in [5, 5.41) is 69.3. The number of carbonyl (C=O) groups is 4. The van der Waals surface area contributed by atoms with Crippen LogP contribution in [0.4, 0.5) is 0 Å². The van der Waals surface area contributed by atoms with Crippen molar-refractivity contribution in [3.8, 4) is 0 Å². The van der Waals surface area contributed by atoms with Crippen molar-refractivity contribution < 1.29 is 102 Å². The van der Waals surface area contributed by atoms with E-state index in [-0.39, 0.29) is 50.4 Å². The summed E-state index contributed by atoms with van der Waals surface area (Å²) in [6.07, 6.45) is -1.93. The largest absolute Gasteiger partial charge is 0.600 e. The smallest absolute Gasteiger partial charge is 0.346 e. The van der Waals surface area contributed by atoms with Crippen LogP contribution in [0.2, 0.25) is 0 Å². The number of ether oxygens (including phenoxy) is 10. The lowest BCUT2D eigenvalue weighted by molar-refractivity contribution is -1.09. The molecular weight excluding hydrogens is 1100 g/mol. The number of hydrogen-bond acceptors (Lipinski definition) is 22. The van der Waals surface area contributed by atoms with Crippen molar-refractivity contribution in [1.29, 1.82) is 0 Å². The van der Waals surface area contributed by atoms with Crippen LogP contribution in [0.3, 0.4) is 0 Å². The Kier molecular flexibility index (Phi) is 19.5. The molecule has 2 bridgehead atoms. The molecule has 5 heterocycles. The maximum Gasteiger partial charge on any atom is 0.346 e. The number of Topliss-reactive ketones (excluding diaryl/α,β-unsaturated/α-hetero) is 1. The topological polar surface area (TPSA) is 310 Å². The quantitative estimate of drug-likeness (QED) is 0.0451. The molecule has 4 aliphatic carbocycles. The number of hydrogen-bond donors (Lipinski definition) is 7. The summed E-state index contributed by atoms with van der Waals surface area (Å²) in [5.74, 6) is -5.98. The van der Waals surface area contributed by atoms with E-state index in [1.54, 1.807) is 53.7 Å². The van der Waals surface area contributed by atoms with Gasteiger partial charge in [0.2, 0.25) is 5.78 Å². The van der Waals surface area contributed by atoms with Crippen molar-refractivity contribution in [2.75, 3.05) is 7.11 Å². The van der Waals surface area contributed by atoms with E-state index in [4.69, 9.17) is 52.2 Å². The van der Waals surface area contributed by atoms with E-state index in [2.05, 4.69) is 25.4 Å². The van der Waals surface area contributed by atoms with Gasteiger partial charge >= 0.3 is 11.9 Å². The summed E-state index contributed by atoms with van der Waals surface area (Å²) in [6, 6.07) is -0.953. The minimum Gasteiger partial charge on any atom is -0.600 e.